The number of alkyl carbamates (subject to hydrolysis) is 1. The number of benzene rings is 2. The second-order valence-corrected chi connectivity index (χ2v) is 19.4. The number of nitrogens with two attached hydrogens (primary N) is 1. The molecule has 0 aromatic heterocycles. The molecule has 0 radical (unpaired) electrons. The van der Waals surface area contributed by atoms with Gasteiger partial charge in [-0.2, -0.15) is 0 Å². The maximum atomic E-state index is 13.1. The van der Waals surface area contributed by atoms with Gasteiger partial charge in [-0.05, 0) is 123 Å². The molecule has 4 bridgehead atoms. The molecule has 2 aromatic rings. The summed E-state index contributed by atoms with van der Waals surface area (Å²) in [6.07, 6.45) is 8.04. The smallest absolute Gasteiger partial charge is 0.413 e. The maximum absolute atomic E-state index is 13.1. The number of rotatable bonds is 18. The van der Waals surface area contributed by atoms with Gasteiger partial charge in [0.15, 0.2) is 23.0 Å². The van der Waals surface area contributed by atoms with Gasteiger partial charge in [0, 0.05) is 31.0 Å². The lowest BCUT2D eigenvalue weighted by Crippen LogP contribution is -2.65. The van der Waals surface area contributed by atoms with Crippen LogP contribution in [0.1, 0.15) is 89.2 Å². The van der Waals surface area contributed by atoms with Crippen LogP contribution in [0.4, 0.5) is 9.59 Å². The van der Waals surface area contributed by atoms with Gasteiger partial charge in [0.2, 0.25) is 11.8 Å². The largest absolute Gasteiger partial charge is 0.493 e. The molecule has 2 heterocycles. The van der Waals surface area contributed by atoms with Crippen LogP contribution in [0.15, 0.2) is 36.4 Å². The van der Waals surface area contributed by atoms with Gasteiger partial charge >= 0.3 is 18.2 Å². The molecule has 344 valence electrons. The van der Waals surface area contributed by atoms with Gasteiger partial charge < -0.3 is 55.0 Å². The molecular formula is C47H65N5O11. The SMILES string of the molecule is COc1ccc(C[C@H]2COC(=O)[C@@H]2CCc2ccc(OC(=O)N[C@H]3CCN(C(=O)[C@@H](N)CCC(=O)NCCOC(=O)NC45CC6CC(C)(CC(C)(C6)C4)C5)C3)c(OC)c2)cc1OC. The number of methoxy groups -OCH3 is 3. The van der Waals surface area contributed by atoms with E-state index in [9.17, 15) is 24.0 Å². The number of esters is 1. The number of amides is 4. The Labute approximate surface area is 369 Å². The van der Waals surface area contributed by atoms with Crippen LogP contribution < -0.4 is 40.6 Å². The van der Waals surface area contributed by atoms with Gasteiger partial charge in [0.05, 0.1) is 52.5 Å². The Morgan fingerprint density at radius 1 is 0.889 bits per heavy atom. The first-order valence-corrected chi connectivity index (χ1v) is 22.4. The lowest BCUT2D eigenvalue weighted by Gasteiger charge is -2.65. The van der Waals surface area contributed by atoms with Gasteiger partial charge in [-0.25, -0.2) is 9.59 Å². The van der Waals surface area contributed by atoms with Gasteiger partial charge in [0.1, 0.15) is 6.61 Å². The average Bonchev–Trinajstić information content (AvgIpc) is 3.84. The predicted octanol–water partition coefficient (Wildman–Crippen LogP) is 5.07. The highest BCUT2D eigenvalue weighted by Crippen LogP contribution is 2.66. The van der Waals surface area contributed by atoms with E-state index in [-0.39, 0.29) is 90.3 Å². The Hall–Kier alpha value is -5.25. The summed E-state index contributed by atoms with van der Waals surface area (Å²) >= 11 is 0. The molecule has 6 aliphatic rings. The summed E-state index contributed by atoms with van der Waals surface area (Å²) in [4.78, 5) is 65.7. The molecule has 16 heteroatoms. The fourth-order valence-corrected chi connectivity index (χ4v) is 12.0. The van der Waals surface area contributed by atoms with Crippen molar-refractivity contribution < 1.29 is 52.4 Å². The van der Waals surface area contributed by atoms with Crippen molar-refractivity contribution in [3.05, 3.63) is 47.5 Å². The van der Waals surface area contributed by atoms with Crippen LogP contribution >= 0.6 is 0 Å². The van der Waals surface area contributed by atoms with E-state index in [1.54, 1.807) is 31.3 Å². The maximum Gasteiger partial charge on any atom is 0.413 e. The number of hydrogen-bond donors (Lipinski definition) is 4. The monoisotopic (exact) mass is 875 g/mol. The molecule has 4 amide bonds. The number of carbonyl (C=O) groups is 5. The highest BCUT2D eigenvalue weighted by molar-refractivity contribution is 5.83. The van der Waals surface area contributed by atoms with Gasteiger partial charge in [-0.3, -0.25) is 14.4 Å². The lowest BCUT2D eigenvalue weighted by molar-refractivity contribution is -0.141. The average molecular weight is 876 g/mol. The Morgan fingerprint density at radius 3 is 2.29 bits per heavy atom. The number of hydrogen-bond acceptors (Lipinski definition) is 12. The molecule has 8 rings (SSSR count). The topological polar surface area (TPSA) is 206 Å². The molecular weight excluding hydrogens is 811 g/mol. The van der Waals surface area contributed by atoms with Crippen LogP contribution in [0.3, 0.4) is 0 Å². The minimum atomic E-state index is -0.891. The van der Waals surface area contributed by atoms with Crippen LogP contribution in [0.2, 0.25) is 0 Å². The van der Waals surface area contributed by atoms with E-state index < -0.39 is 18.2 Å². The quantitative estimate of drug-likeness (QED) is 0.115. The van der Waals surface area contributed by atoms with Crippen LogP contribution in [0.25, 0.3) is 0 Å². The van der Waals surface area contributed by atoms with Gasteiger partial charge in [-0.1, -0.05) is 26.0 Å². The Balaban J connectivity index is 0.786. The Bertz CT molecular complexity index is 2010. The molecule has 63 heavy (non-hydrogen) atoms. The third kappa shape index (κ3) is 11.1. The van der Waals surface area contributed by atoms with Crippen molar-refractivity contribution in [3.63, 3.8) is 0 Å². The standard InChI is InChI=1S/C47H65N5O11/c1-45-21-31-22-46(2,26-45)28-47(23-31,27-45)51-44(57)61-17-15-49-40(53)13-10-35(48)41(54)52-16-14-33(24-52)50-43(56)63-37-12-7-29(19-39(37)60-5)6-9-34-32(25-62-42(34)55)18-30-8-11-36(58-3)38(20-30)59-4/h7-8,11-12,19-20,31-35H,6,9-10,13-18,21-28,48H2,1-5H3,(H,49,53)(H,50,56)(H,51,57)/t31?,32-,33-,34+,35-,45?,46?,47?/m0/s1. The molecule has 6 atom stereocenters. The predicted molar refractivity (Wildman–Crippen MR) is 231 cm³/mol. The van der Waals surface area contributed by atoms with Crippen molar-refractivity contribution in [2.24, 2.45) is 34.3 Å². The molecule has 2 unspecified atom stereocenters. The summed E-state index contributed by atoms with van der Waals surface area (Å²) in [5, 5.41) is 8.79. The van der Waals surface area contributed by atoms with E-state index in [0.29, 0.717) is 62.0 Å². The van der Waals surface area contributed by atoms with E-state index in [1.807, 2.05) is 24.3 Å². The minimum Gasteiger partial charge on any atom is -0.493 e. The third-order valence-corrected chi connectivity index (χ3v) is 13.9. The van der Waals surface area contributed by atoms with Gasteiger partial charge in [0.25, 0.3) is 0 Å². The molecule has 2 aliphatic heterocycles. The second kappa shape index (κ2) is 19.2. The molecule has 16 nitrogen and oxygen atoms in total. The molecule has 5 N–H and O–H groups in total. The van der Waals surface area contributed by atoms with E-state index in [2.05, 4.69) is 29.8 Å². The first-order chi connectivity index (χ1) is 30.1. The molecule has 4 saturated carbocycles. The highest BCUT2D eigenvalue weighted by atomic mass is 16.6. The normalized spacial score (nSPS) is 28.5. The summed E-state index contributed by atoms with van der Waals surface area (Å²) in [6, 6.07) is 9.79. The van der Waals surface area contributed by atoms with Crippen LogP contribution in [-0.4, -0.2) is 107 Å². The van der Waals surface area contributed by atoms with Crippen LogP contribution in [-0.2, 0) is 36.7 Å². The van der Waals surface area contributed by atoms with E-state index in [4.69, 9.17) is 34.2 Å². The zero-order valence-electron chi connectivity index (χ0n) is 37.4. The zero-order valence-corrected chi connectivity index (χ0v) is 37.4. The summed E-state index contributed by atoms with van der Waals surface area (Å²) in [6.45, 7) is 5.91. The van der Waals surface area contributed by atoms with Crippen LogP contribution in [0, 0.1) is 28.6 Å². The summed E-state index contributed by atoms with van der Waals surface area (Å²) < 4.78 is 32.9. The number of ether oxygens (including phenoxy) is 6. The molecule has 0 spiro atoms. The van der Waals surface area contributed by atoms with Crippen LogP contribution in [0.5, 0.6) is 23.0 Å². The van der Waals surface area contributed by atoms with Crippen molar-refractivity contribution in [2.75, 3.05) is 54.2 Å². The molecule has 2 saturated heterocycles. The number of likely N-dealkylation sites (tertiary alicyclic amines) is 1. The fourth-order valence-electron chi connectivity index (χ4n) is 12.0. The van der Waals surface area contributed by atoms with Crippen molar-refractivity contribution >= 4 is 30.0 Å². The molecule has 4 aliphatic carbocycles. The summed E-state index contributed by atoms with van der Waals surface area (Å²) in [7, 11) is 4.67. The molecule has 2 aromatic carbocycles. The molecule has 6 fully saturated rings. The van der Waals surface area contributed by atoms with E-state index in [1.165, 1.54) is 26.4 Å². The number of cyclic esters (lactones) is 1. The number of carbonyl (C=O) groups excluding carboxylic acids is 5. The zero-order chi connectivity index (χ0) is 44.9. The second-order valence-electron chi connectivity index (χ2n) is 19.4. The van der Waals surface area contributed by atoms with Crippen molar-refractivity contribution in [2.45, 2.75) is 109 Å². The van der Waals surface area contributed by atoms with Crippen molar-refractivity contribution in [1.29, 1.82) is 0 Å². The van der Waals surface area contributed by atoms with E-state index in [0.717, 1.165) is 30.4 Å². The minimum absolute atomic E-state index is 0.00941. The van der Waals surface area contributed by atoms with Crippen molar-refractivity contribution in [3.8, 4) is 23.0 Å². The lowest BCUT2D eigenvalue weighted by atomic mass is 9.43. The first-order valence-electron chi connectivity index (χ1n) is 22.4. The highest BCUT2D eigenvalue weighted by Gasteiger charge is 2.60. The van der Waals surface area contributed by atoms with Crippen molar-refractivity contribution in [1.82, 2.24) is 20.9 Å². The number of nitrogens with zero attached hydrogens (tertiary/aromatic N) is 1. The number of nitrogens with one attached hydrogen (secondary N) is 3. The third-order valence-electron chi connectivity index (χ3n) is 13.9. The first kappa shape index (κ1) is 45.8. The Kier molecular flexibility index (Phi) is 14.0. The van der Waals surface area contributed by atoms with E-state index >= 15 is 0 Å². The van der Waals surface area contributed by atoms with Gasteiger partial charge in [-0.15, -0.1) is 0 Å². The fraction of sp³-hybridized carbons (Fsp3) is 0.638. The summed E-state index contributed by atoms with van der Waals surface area (Å²) in [5.41, 5.74) is 8.47. The number of aryl methyl sites for hydroxylation is 1. The Morgan fingerprint density at radius 2 is 1.57 bits per heavy atom. The summed E-state index contributed by atoms with van der Waals surface area (Å²) in [5.74, 6) is 1.45.